The molecule has 1 aliphatic rings. The highest BCUT2D eigenvalue weighted by Crippen LogP contribution is 2.27. The van der Waals surface area contributed by atoms with Crippen LogP contribution in [0.1, 0.15) is 26.2 Å². The second-order valence-electron chi connectivity index (χ2n) is 5.25. The van der Waals surface area contributed by atoms with Gasteiger partial charge >= 0.3 is 0 Å². The average Bonchev–Trinajstić information content (AvgIpc) is 2.86. The predicted molar refractivity (Wildman–Crippen MR) is 84.2 cm³/mol. The van der Waals surface area contributed by atoms with Crippen molar-refractivity contribution in [1.29, 1.82) is 0 Å². The van der Waals surface area contributed by atoms with Crippen molar-refractivity contribution in [2.24, 2.45) is 0 Å². The number of likely N-dealkylation sites (N-methyl/N-ethyl adjacent to an activating group) is 1. The number of piperidine rings is 1. The molecule has 0 aliphatic carbocycles. The van der Waals surface area contributed by atoms with E-state index < -0.39 is 10.0 Å². The van der Waals surface area contributed by atoms with E-state index in [1.165, 1.54) is 13.1 Å². The van der Waals surface area contributed by atoms with E-state index in [1.54, 1.807) is 11.0 Å². The van der Waals surface area contributed by atoms with Crippen molar-refractivity contribution >= 4 is 38.9 Å². The standard InChI is InChI=1S/C13H19ClN2O3S2/c1-10-5-3-4-8-16(10)12(17)9-15(2)21(18,19)13-7-6-11(14)20-13/h6-7,10H,3-5,8-9H2,1-2H3. The summed E-state index contributed by atoms with van der Waals surface area (Å²) in [5, 5.41) is 0. The average molecular weight is 351 g/mol. The van der Waals surface area contributed by atoms with E-state index in [4.69, 9.17) is 11.6 Å². The normalized spacial score (nSPS) is 20.0. The Balaban J connectivity index is 2.06. The van der Waals surface area contributed by atoms with Crippen molar-refractivity contribution in [3.05, 3.63) is 16.5 Å². The van der Waals surface area contributed by atoms with Gasteiger partial charge in [-0.2, -0.15) is 4.31 Å². The number of carbonyl (C=O) groups excluding carboxylic acids is 1. The molecule has 1 fully saturated rings. The number of thiophene rings is 1. The molecule has 8 heteroatoms. The molecule has 118 valence electrons. The molecule has 2 rings (SSSR count). The summed E-state index contributed by atoms with van der Waals surface area (Å²) in [6.45, 7) is 2.57. The van der Waals surface area contributed by atoms with Crippen LogP contribution < -0.4 is 0 Å². The lowest BCUT2D eigenvalue weighted by Gasteiger charge is -2.34. The zero-order chi connectivity index (χ0) is 15.6. The van der Waals surface area contributed by atoms with Crippen LogP contribution in [0.5, 0.6) is 0 Å². The molecule has 1 aromatic rings. The van der Waals surface area contributed by atoms with Crippen LogP contribution in [0, 0.1) is 0 Å². The first-order valence-corrected chi connectivity index (χ1v) is 9.47. The molecule has 1 aliphatic heterocycles. The molecule has 1 atom stereocenters. The number of hydrogen-bond donors (Lipinski definition) is 0. The highest BCUT2D eigenvalue weighted by molar-refractivity contribution is 7.91. The summed E-state index contributed by atoms with van der Waals surface area (Å²) in [5.41, 5.74) is 0. The minimum atomic E-state index is -3.65. The van der Waals surface area contributed by atoms with Gasteiger partial charge < -0.3 is 4.90 Å². The summed E-state index contributed by atoms with van der Waals surface area (Å²) in [5.74, 6) is -0.143. The van der Waals surface area contributed by atoms with Gasteiger partial charge in [-0.25, -0.2) is 8.42 Å². The van der Waals surface area contributed by atoms with Crippen molar-refractivity contribution in [3.63, 3.8) is 0 Å². The third kappa shape index (κ3) is 3.77. The fourth-order valence-corrected chi connectivity index (χ4v) is 5.24. The molecular weight excluding hydrogens is 332 g/mol. The molecule has 0 saturated carbocycles. The number of halogens is 1. The molecule has 0 N–H and O–H groups in total. The van der Waals surface area contributed by atoms with Crippen LogP contribution in [0.2, 0.25) is 4.34 Å². The van der Waals surface area contributed by atoms with E-state index in [-0.39, 0.29) is 22.7 Å². The van der Waals surface area contributed by atoms with Crippen LogP contribution in [-0.4, -0.2) is 49.7 Å². The van der Waals surface area contributed by atoms with E-state index in [2.05, 4.69) is 0 Å². The predicted octanol–water partition coefficient (Wildman–Crippen LogP) is 2.42. The topological polar surface area (TPSA) is 57.7 Å². The Morgan fingerprint density at radius 2 is 2.19 bits per heavy atom. The molecule has 1 amide bonds. The largest absolute Gasteiger partial charge is 0.339 e. The highest BCUT2D eigenvalue weighted by atomic mass is 35.5. The molecule has 1 saturated heterocycles. The summed E-state index contributed by atoms with van der Waals surface area (Å²) < 4.78 is 26.4. The Hall–Kier alpha value is -0.630. The van der Waals surface area contributed by atoms with Gasteiger partial charge in [-0.05, 0) is 38.3 Å². The van der Waals surface area contributed by atoms with Gasteiger partial charge in [-0.15, -0.1) is 11.3 Å². The molecule has 0 spiro atoms. The van der Waals surface area contributed by atoms with Gasteiger partial charge in [0.15, 0.2) is 0 Å². The van der Waals surface area contributed by atoms with Crippen LogP contribution in [-0.2, 0) is 14.8 Å². The van der Waals surface area contributed by atoms with Gasteiger partial charge in [0.1, 0.15) is 4.21 Å². The van der Waals surface area contributed by atoms with Crippen LogP contribution in [0.3, 0.4) is 0 Å². The van der Waals surface area contributed by atoms with Crippen molar-refractivity contribution in [2.45, 2.75) is 36.4 Å². The van der Waals surface area contributed by atoms with E-state index in [1.807, 2.05) is 6.92 Å². The lowest BCUT2D eigenvalue weighted by molar-refractivity contribution is -0.134. The number of amides is 1. The zero-order valence-electron chi connectivity index (χ0n) is 12.1. The molecule has 0 radical (unpaired) electrons. The third-order valence-corrected chi connectivity index (χ3v) is 7.20. The first-order valence-electron chi connectivity index (χ1n) is 6.83. The quantitative estimate of drug-likeness (QED) is 0.838. The maximum Gasteiger partial charge on any atom is 0.252 e. The first-order chi connectivity index (χ1) is 9.82. The van der Waals surface area contributed by atoms with Gasteiger partial charge in [0.05, 0.1) is 10.9 Å². The van der Waals surface area contributed by atoms with Crippen LogP contribution in [0.4, 0.5) is 0 Å². The molecule has 5 nitrogen and oxygen atoms in total. The zero-order valence-corrected chi connectivity index (χ0v) is 14.5. The highest BCUT2D eigenvalue weighted by Gasteiger charge is 2.29. The summed E-state index contributed by atoms with van der Waals surface area (Å²) >= 11 is 6.78. The smallest absolute Gasteiger partial charge is 0.252 e. The van der Waals surface area contributed by atoms with E-state index in [0.717, 1.165) is 34.9 Å². The Labute approximate surface area is 134 Å². The van der Waals surface area contributed by atoms with Gasteiger partial charge in [0, 0.05) is 19.6 Å². The Morgan fingerprint density at radius 3 is 2.76 bits per heavy atom. The lowest BCUT2D eigenvalue weighted by Crippen LogP contribution is -2.47. The fraction of sp³-hybridized carbons (Fsp3) is 0.615. The monoisotopic (exact) mass is 350 g/mol. The maximum absolute atomic E-state index is 12.4. The third-order valence-electron chi connectivity index (χ3n) is 3.69. The Bertz CT molecular complexity index is 615. The van der Waals surface area contributed by atoms with Crippen LogP contribution in [0.25, 0.3) is 0 Å². The van der Waals surface area contributed by atoms with Crippen molar-refractivity contribution in [1.82, 2.24) is 9.21 Å². The molecule has 21 heavy (non-hydrogen) atoms. The van der Waals surface area contributed by atoms with Crippen molar-refractivity contribution in [3.8, 4) is 0 Å². The van der Waals surface area contributed by atoms with Crippen LogP contribution in [0.15, 0.2) is 16.3 Å². The van der Waals surface area contributed by atoms with E-state index in [0.29, 0.717) is 10.9 Å². The molecule has 1 unspecified atom stereocenters. The minimum absolute atomic E-state index is 0.137. The summed E-state index contributed by atoms with van der Waals surface area (Å²) in [4.78, 5) is 14.1. The molecular formula is C13H19ClN2O3S2. The van der Waals surface area contributed by atoms with Gasteiger partial charge in [-0.1, -0.05) is 11.6 Å². The second kappa shape index (κ2) is 6.64. The van der Waals surface area contributed by atoms with Gasteiger partial charge in [-0.3, -0.25) is 4.79 Å². The fourth-order valence-electron chi connectivity index (χ4n) is 2.42. The molecule has 0 aromatic carbocycles. The van der Waals surface area contributed by atoms with Crippen molar-refractivity contribution in [2.75, 3.05) is 20.1 Å². The molecule has 2 heterocycles. The number of nitrogens with zero attached hydrogens (tertiary/aromatic N) is 2. The van der Waals surface area contributed by atoms with E-state index in [9.17, 15) is 13.2 Å². The number of likely N-dealkylation sites (tertiary alicyclic amines) is 1. The summed E-state index contributed by atoms with van der Waals surface area (Å²) in [6.07, 6.45) is 3.07. The Morgan fingerprint density at radius 1 is 1.48 bits per heavy atom. The van der Waals surface area contributed by atoms with Crippen molar-refractivity contribution < 1.29 is 13.2 Å². The van der Waals surface area contributed by atoms with Gasteiger partial charge in [0.25, 0.3) is 10.0 Å². The minimum Gasteiger partial charge on any atom is -0.339 e. The van der Waals surface area contributed by atoms with E-state index >= 15 is 0 Å². The van der Waals surface area contributed by atoms with Crippen LogP contribution >= 0.6 is 22.9 Å². The number of carbonyl (C=O) groups is 1. The summed E-state index contributed by atoms with van der Waals surface area (Å²) in [7, 11) is -2.22. The maximum atomic E-state index is 12.4. The lowest BCUT2D eigenvalue weighted by atomic mass is 10.0. The molecule has 1 aromatic heterocycles. The number of hydrogen-bond acceptors (Lipinski definition) is 4. The summed E-state index contributed by atoms with van der Waals surface area (Å²) in [6, 6.07) is 3.19. The number of sulfonamides is 1. The van der Waals surface area contributed by atoms with Gasteiger partial charge in [0.2, 0.25) is 5.91 Å². The number of rotatable bonds is 4. The Kier molecular flexibility index (Phi) is 5.29. The molecule has 0 bridgehead atoms. The second-order valence-corrected chi connectivity index (χ2v) is 9.24. The first kappa shape index (κ1) is 16.7. The SMILES string of the molecule is CC1CCCCN1C(=O)CN(C)S(=O)(=O)c1ccc(Cl)s1.